The minimum Gasteiger partial charge on any atom is -0.390 e. The van der Waals surface area contributed by atoms with Gasteiger partial charge in [-0.15, -0.1) is 0 Å². The van der Waals surface area contributed by atoms with Crippen molar-refractivity contribution < 1.29 is 9.50 Å². The van der Waals surface area contributed by atoms with Gasteiger partial charge in [-0.1, -0.05) is 13.8 Å². The zero-order valence-electron chi connectivity index (χ0n) is 7.83. The Morgan fingerprint density at radius 3 is 2.75 bits per heavy atom. The normalized spacial score (nSPS) is 32.8. The van der Waals surface area contributed by atoms with Crippen molar-refractivity contribution in [3.05, 3.63) is 0 Å². The van der Waals surface area contributed by atoms with Gasteiger partial charge < -0.3 is 5.11 Å². The van der Waals surface area contributed by atoms with E-state index < -0.39 is 12.3 Å². The van der Waals surface area contributed by atoms with Crippen LogP contribution in [0, 0.1) is 5.92 Å². The van der Waals surface area contributed by atoms with Crippen molar-refractivity contribution in [2.75, 3.05) is 19.6 Å². The molecule has 0 aliphatic carbocycles. The van der Waals surface area contributed by atoms with E-state index in [9.17, 15) is 4.39 Å². The standard InChI is InChI=1S/C9H18FNO/c1-7(2)5-11-4-3-9(12)8(10)6-11/h7-9,12H,3-6H2,1-2H3/t8-,9-/m0/s1. The van der Waals surface area contributed by atoms with Crippen LogP contribution in [0.3, 0.4) is 0 Å². The molecule has 0 amide bonds. The molecule has 3 heteroatoms. The summed E-state index contributed by atoms with van der Waals surface area (Å²) >= 11 is 0. The summed E-state index contributed by atoms with van der Waals surface area (Å²) in [4.78, 5) is 2.09. The summed E-state index contributed by atoms with van der Waals surface area (Å²) in [5.41, 5.74) is 0. The predicted octanol–water partition coefficient (Wildman–Crippen LogP) is 1.05. The fraction of sp³-hybridized carbons (Fsp3) is 1.00. The largest absolute Gasteiger partial charge is 0.390 e. The smallest absolute Gasteiger partial charge is 0.138 e. The van der Waals surface area contributed by atoms with Gasteiger partial charge in [-0.25, -0.2) is 4.39 Å². The van der Waals surface area contributed by atoms with Crippen LogP contribution < -0.4 is 0 Å². The lowest BCUT2D eigenvalue weighted by Crippen LogP contribution is -2.45. The first-order valence-corrected chi connectivity index (χ1v) is 4.64. The third-order valence-electron chi connectivity index (χ3n) is 2.21. The van der Waals surface area contributed by atoms with Crippen LogP contribution in [-0.4, -0.2) is 41.9 Å². The van der Waals surface area contributed by atoms with Crippen LogP contribution in [0.2, 0.25) is 0 Å². The van der Waals surface area contributed by atoms with E-state index in [0.29, 0.717) is 18.9 Å². The maximum atomic E-state index is 13.0. The zero-order valence-corrected chi connectivity index (χ0v) is 7.83. The van der Waals surface area contributed by atoms with Crippen molar-refractivity contribution in [3.63, 3.8) is 0 Å². The number of aliphatic hydroxyl groups excluding tert-OH is 1. The summed E-state index contributed by atoms with van der Waals surface area (Å²) in [6.45, 7) is 6.42. The first kappa shape index (κ1) is 9.93. The maximum Gasteiger partial charge on any atom is 0.138 e. The number of likely N-dealkylation sites (tertiary alicyclic amines) is 1. The monoisotopic (exact) mass is 175 g/mol. The van der Waals surface area contributed by atoms with Gasteiger partial charge in [0.1, 0.15) is 6.17 Å². The van der Waals surface area contributed by atoms with Gasteiger partial charge in [-0.05, 0) is 12.3 Å². The van der Waals surface area contributed by atoms with Gasteiger partial charge >= 0.3 is 0 Å². The lowest BCUT2D eigenvalue weighted by molar-refractivity contribution is 0.00331. The van der Waals surface area contributed by atoms with Gasteiger partial charge in [-0.3, -0.25) is 4.90 Å². The Balaban J connectivity index is 2.30. The van der Waals surface area contributed by atoms with Crippen LogP contribution in [0.25, 0.3) is 0 Å². The second-order valence-corrected chi connectivity index (χ2v) is 4.03. The van der Waals surface area contributed by atoms with Gasteiger partial charge in [0.05, 0.1) is 6.10 Å². The van der Waals surface area contributed by atoms with Gasteiger partial charge in [0, 0.05) is 19.6 Å². The Kier molecular flexibility index (Phi) is 3.47. The van der Waals surface area contributed by atoms with E-state index in [-0.39, 0.29) is 0 Å². The Hall–Kier alpha value is -0.150. The highest BCUT2D eigenvalue weighted by atomic mass is 19.1. The van der Waals surface area contributed by atoms with E-state index in [1.54, 1.807) is 0 Å². The molecule has 0 aromatic heterocycles. The summed E-state index contributed by atoms with van der Waals surface area (Å²) in [6, 6.07) is 0. The fourth-order valence-corrected chi connectivity index (χ4v) is 1.64. The van der Waals surface area contributed by atoms with Gasteiger partial charge in [-0.2, -0.15) is 0 Å². The number of alkyl halides is 1. The molecular formula is C9H18FNO. The van der Waals surface area contributed by atoms with Gasteiger partial charge in [0.25, 0.3) is 0 Å². The summed E-state index contributed by atoms with van der Waals surface area (Å²) in [5.74, 6) is 0.576. The molecule has 1 aliphatic rings. The molecule has 1 aliphatic heterocycles. The lowest BCUT2D eigenvalue weighted by atomic mass is 10.0. The van der Waals surface area contributed by atoms with Gasteiger partial charge in [0.2, 0.25) is 0 Å². The number of piperidine rings is 1. The molecule has 0 unspecified atom stereocenters. The molecule has 1 heterocycles. The van der Waals surface area contributed by atoms with E-state index in [1.165, 1.54) is 0 Å². The second kappa shape index (κ2) is 4.19. The van der Waals surface area contributed by atoms with Crippen LogP contribution >= 0.6 is 0 Å². The van der Waals surface area contributed by atoms with E-state index in [0.717, 1.165) is 13.1 Å². The predicted molar refractivity (Wildman–Crippen MR) is 46.8 cm³/mol. The molecule has 2 nitrogen and oxygen atoms in total. The summed E-state index contributed by atoms with van der Waals surface area (Å²) < 4.78 is 13.0. The van der Waals surface area contributed by atoms with Crippen molar-refractivity contribution in [2.45, 2.75) is 32.5 Å². The lowest BCUT2D eigenvalue weighted by Gasteiger charge is -2.33. The minimum absolute atomic E-state index is 0.402. The molecule has 0 radical (unpaired) electrons. The molecule has 12 heavy (non-hydrogen) atoms. The third-order valence-corrected chi connectivity index (χ3v) is 2.21. The fourth-order valence-electron chi connectivity index (χ4n) is 1.64. The molecule has 72 valence electrons. The van der Waals surface area contributed by atoms with E-state index in [4.69, 9.17) is 5.11 Å². The highest BCUT2D eigenvalue weighted by molar-refractivity contribution is 4.79. The first-order valence-electron chi connectivity index (χ1n) is 4.64. The molecule has 0 aromatic rings. The maximum absolute atomic E-state index is 13.0. The van der Waals surface area contributed by atoms with Crippen LogP contribution in [0.15, 0.2) is 0 Å². The first-order chi connectivity index (χ1) is 5.59. The molecule has 0 bridgehead atoms. The Bertz CT molecular complexity index is 140. The average molecular weight is 175 g/mol. The number of hydrogen-bond acceptors (Lipinski definition) is 2. The highest BCUT2D eigenvalue weighted by Gasteiger charge is 2.27. The molecule has 0 aromatic carbocycles. The number of hydrogen-bond donors (Lipinski definition) is 1. The molecule has 2 atom stereocenters. The van der Waals surface area contributed by atoms with Crippen molar-refractivity contribution >= 4 is 0 Å². The Labute approximate surface area is 73.4 Å². The van der Waals surface area contributed by atoms with Crippen molar-refractivity contribution in [3.8, 4) is 0 Å². The average Bonchev–Trinajstić information content (AvgIpc) is 1.96. The number of halogens is 1. The van der Waals surface area contributed by atoms with Crippen LogP contribution in [-0.2, 0) is 0 Å². The summed E-state index contributed by atoms with van der Waals surface area (Å²) in [6.07, 6.45) is -1.20. The van der Waals surface area contributed by atoms with Crippen LogP contribution in [0.4, 0.5) is 4.39 Å². The number of rotatable bonds is 2. The minimum atomic E-state index is -1.04. The zero-order chi connectivity index (χ0) is 9.14. The van der Waals surface area contributed by atoms with Crippen molar-refractivity contribution in [1.82, 2.24) is 4.90 Å². The number of aliphatic hydroxyl groups is 1. The van der Waals surface area contributed by atoms with E-state index in [1.807, 2.05) is 0 Å². The molecule has 1 saturated heterocycles. The van der Waals surface area contributed by atoms with E-state index in [2.05, 4.69) is 18.7 Å². The number of nitrogens with zero attached hydrogens (tertiary/aromatic N) is 1. The third kappa shape index (κ3) is 2.72. The summed E-state index contributed by atoms with van der Waals surface area (Å²) in [5, 5.41) is 9.13. The molecular weight excluding hydrogens is 157 g/mol. The molecule has 1 N–H and O–H groups in total. The van der Waals surface area contributed by atoms with Crippen LogP contribution in [0.5, 0.6) is 0 Å². The molecule has 0 spiro atoms. The quantitative estimate of drug-likeness (QED) is 0.678. The van der Waals surface area contributed by atoms with E-state index >= 15 is 0 Å². The highest BCUT2D eigenvalue weighted by Crippen LogP contribution is 2.14. The van der Waals surface area contributed by atoms with Crippen molar-refractivity contribution in [1.29, 1.82) is 0 Å². The Morgan fingerprint density at radius 2 is 2.25 bits per heavy atom. The van der Waals surface area contributed by atoms with Crippen LogP contribution in [0.1, 0.15) is 20.3 Å². The van der Waals surface area contributed by atoms with Crippen molar-refractivity contribution in [2.24, 2.45) is 5.92 Å². The molecule has 0 saturated carbocycles. The topological polar surface area (TPSA) is 23.5 Å². The SMILES string of the molecule is CC(C)CN1CC[C@H](O)[C@@H](F)C1. The molecule has 1 rings (SSSR count). The second-order valence-electron chi connectivity index (χ2n) is 4.03. The summed E-state index contributed by atoms with van der Waals surface area (Å²) in [7, 11) is 0. The Morgan fingerprint density at radius 1 is 1.58 bits per heavy atom. The molecule has 1 fully saturated rings. The van der Waals surface area contributed by atoms with Gasteiger partial charge in [0.15, 0.2) is 0 Å².